The maximum Gasteiger partial charge on any atom is 0.331 e. The summed E-state index contributed by atoms with van der Waals surface area (Å²) in [6.45, 7) is 1.32. The Kier molecular flexibility index (Phi) is 3.70. The van der Waals surface area contributed by atoms with E-state index in [4.69, 9.17) is 0 Å². The smallest absolute Gasteiger partial charge is 0.319 e. The number of carbonyl (C=O) groups excluding carboxylic acids is 1. The van der Waals surface area contributed by atoms with Gasteiger partial charge in [0.15, 0.2) is 0 Å². The summed E-state index contributed by atoms with van der Waals surface area (Å²) in [6.07, 6.45) is 2.24. The molecule has 0 heterocycles. The van der Waals surface area contributed by atoms with Crippen molar-refractivity contribution >= 4 is 12.2 Å². The summed E-state index contributed by atoms with van der Waals surface area (Å²) in [6, 6.07) is 9.83. The van der Waals surface area contributed by atoms with Crippen molar-refractivity contribution in [1.29, 1.82) is 0 Å². The zero-order chi connectivity index (χ0) is 9.52. The lowest BCUT2D eigenvalue weighted by molar-refractivity contribution is -0.140. The molecule has 3 heteroatoms. The highest BCUT2D eigenvalue weighted by atomic mass is 16.7. The van der Waals surface area contributed by atoms with Crippen LogP contribution in [0.5, 0.6) is 0 Å². The van der Waals surface area contributed by atoms with Crippen molar-refractivity contribution in [3.63, 3.8) is 0 Å². The van der Waals surface area contributed by atoms with Crippen molar-refractivity contribution in [2.24, 2.45) is 5.16 Å². The fourth-order valence-electron chi connectivity index (χ4n) is 0.868. The highest BCUT2D eigenvalue weighted by Gasteiger charge is 1.88. The van der Waals surface area contributed by atoms with Gasteiger partial charge in [-0.3, -0.25) is 0 Å². The SMILES string of the molecule is CC(=O)ON=CCc1ccccc1. The highest BCUT2D eigenvalue weighted by Crippen LogP contribution is 1.97. The van der Waals surface area contributed by atoms with Gasteiger partial charge in [0, 0.05) is 19.6 Å². The van der Waals surface area contributed by atoms with Gasteiger partial charge in [-0.2, -0.15) is 0 Å². The molecule has 0 N–H and O–H groups in total. The molecular weight excluding hydrogens is 166 g/mol. The van der Waals surface area contributed by atoms with Crippen LogP contribution in [0.2, 0.25) is 0 Å². The van der Waals surface area contributed by atoms with Gasteiger partial charge in [-0.05, 0) is 5.56 Å². The van der Waals surface area contributed by atoms with E-state index >= 15 is 0 Å². The minimum atomic E-state index is -0.399. The molecule has 13 heavy (non-hydrogen) atoms. The molecule has 0 bridgehead atoms. The minimum absolute atomic E-state index is 0.399. The average molecular weight is 177 g/mol. The Morgan fingerprint density at radius 1 is 1.46 bits per heavy atom. The average Bonchev–Trinajstić information content (AvgIpc) is 2.14. The molecular formula is C10H11NO2. The first-order chi connectivity index (χ1) is 6.29. The zero-order valence-corrected chi connectivity index (χ0v) is 7.43. The van der Waals surface area contributed by atoms with Gasteiger partial charge in [0.1, 0.15) is 0 Å². The fraction of sp³-hybridized carbons (Fsp3) is 0.200. The molecule has 0 fully saturated rings. The second-order valence-electron chi connectivity index (χ2n) is 2.56. The zero-order valence-electron chi connectivity index (χ0n) is 7.43. The Labute approximate surface area is 77.0 Å². The summed E-state index contributed by atoms with van der Waals surface area (Å²) in [5.74, 6) is -0.399. The van der Waals surface area contributed by atoms with Crippen molar-refractivity contribution in [1.82, 2.24) is 0 Å². The molecule has 0 atom stereocenters. The van der Waals surface area contributed by atoms with Gasteiger partial charge in [-0.1, -0.05) is 35.5 Å². The molecule has 0 aliphatic heterocycles. The molecule has 0 amide bonds. The normalized spacial score (nSPS) is 10.2. The van der Waals surface area contributed by atoms with E-state index < -0.39 is 5.97 Å². The number of carbonyl (C=O) groups is 1. The summed E-state index contributed by atoms with van der Waals surface area (Å²) in [4.78, 5) is 14.7. The van der Waals surface area contributed by atoms with Crippen LogP contribution in [-0.2, 0) is 16.1 Å². The topological polar surface area (TPSA) is 38.7 Å². The van der Waals surface area contributed by atoms with Crippen molar-refractivity contribution < 1.29 is 9.63 Å². The summed E-state index contributed by atoms with van der Waals surface area (Å²) >= 11 is 0. The molecule has 1 rings (SSSR count). The van der Waals surface area contributed by atoms with E-state index in [0.717, 1.165) is 5.56 Å². The molecule has 1 aromatic rings. The van der Waals surface area contributed by atoms with Gasteiger partial charge in [0.2, 0.25) is 0 Å². The Morgan fingerprint density at radius 2 is 2.15 bits per heavy atom. The molecule has 0 unspecified atom stereocenters. The first-order valence-electron chi connectivity index (χ1n) is 4.02. The highest BCUT2D eigenvalue weighted by molar-refractivity contribution is 5.67. The predicted octanol–water partition coefficient (Wildman–Crippen LogP) is 1.78. The largest absolute Gasteiger partial charge is 0.331 e. The van der Waals surface area contributed by atoms with E-state index in [1.807, 2.05) is 30.3 Å². The standard InChI is InChI=1S/C10H11NO2/c1-9(12)13-11-8-7-10-5-3-2-4-6-10/h2-6,8H,7H2,1H3. The maximum atomic E-state index is 10.3. The number of hydrogen-bond donors (Lipinski definition) is 0. The molecule has 0 saturated heterocycles. The predicted molar refractivity (Wildman–Crippen MR) is 50.4 cm³/mol. The quantitative estimate of drug-likeness (QED) is 0.401. The van der Waals surface area contributed by atoms with Gasteiger partial charge in [0.05, 0.1) is 0 Å². The van der Waals surface area contributed by atoms with Crippen molar-refractivity contribution in [3.8, 4) is 0 Å². The lowest BCUT2D eigenvalue weighted by Gasteiger charge is -1.93. The third-order valence-electron chi connectivity index (χ3n) is 1.43. The van der Waals surface area contributed by atoms with E-state index in [2.05, 4.69) is 9.99 Å². The molecule has 68 valence electrons. The Hall–Kier alpha value is -1.64. The van der Waals surface area contributed by atoms with Crippen LogP contribution in [0.15, 0.2) is 35.5 Å². The first-order valence-corrected chi connectivity index (χ1v) is 4.02. The molecule has 0 aromatic heterocycles. The van der Waals surface area contributed by atoms with Crippen molar-refractivity contribution in [3.05, 3.63) is 35.9 Å². The van der Waals surface area contributed by atoms with Gasteiger partial charge in [-0.25, -0.2) is 4.79 Å². The molecule has 0 radical (unpaired) electrons. The van der Waals surface area contributed by atoms with Crippen LogP contribution in [0, 0.1) is 0 Å². The number of rotatable bonds is 3. The van der Waals surface area contributed by atoms with Crippen molar-refractivity contribution in [2.75, 3.05) is 0 Å². The van der Waals surface area contributed by atoms with Crippen LogP contribution < -0.4 is 0 Å². The van der Waals surface area contributed by atoms with Gasteiger partial charge < -0.3 is 4.84 Å². The van der Waals surface area contributed by atoms with Crippen molar-refractivity contribution in [2.45, 2.75) is 13.3 Å². The third-order valence-corrected chi connectivity index (χ3v) is 1.43. The van der Waals surface area contributed by atoms with Crippen LogP contribution in [0.25, 0.3) is 0 Å². The molecule has 0 aliphatic rings. The Balaban J connectivity index is 2.35. The fourth-order valence-corrected chi connectivity index (χ4v) is 0.868. The van der Waals surface area contributed by atoms with Gasteiger partial charge >= 0.3 is 5.97 Å². The van der Waals surface area contributed by atoms with Crippen LogP contribution in [0.1, 0.15) is 12.5 Å². The molecule has 0 spiro atoms. The Morgan fingerprint density at radius 3 is 2.77 bits per heavy atom. The molecule has 0 aliphatic carbocycles. The Bertz CT molecular complexity index is 293. The van der Waals surface area contributed by atoms with Crippen LogP contribution in [-0.4, -0.2) is 12.2 Å². The number of oxime groups is 1. The summed E-state index contributed by atoms with van der Waals surface area (Å²) in [5, 5.41) is 3.49. The second-order valence-corrected chi connectivity index (χ2v) is 2.56. The summed E-state index contributed by atoms with van der Waals surface area (Å²) in [5.41, 5.74) is 1.14. The molecule has 3 nitrogen and oxygen atoms in total. The molecule has 1 aromatic carbocycles. The maximum absolute atomic E-state index is 10.3. The van der Waals surface area contributed by atoms with E-state index in [-0.39, 0.29) is 0 Å². The lowest BCUT2D eigenvalue weighted by atomic mass is 10.2. The summed E-state index contributed by atoms with van der Waals surface area (Å²) in [7, 11) is 0. The molecule has 0 saturated carbocycles. The first kappa shape index (κ1) is 9.45. The van der Waals surface area contributed by atoms with Crippen LogP contribution in [0.3, 0.4) is 0 Å². The second kappa shape index (κ2) is 5.09. The number of hydrogen-bond acceptors (Lipinski definition) is 3. The third kappa shape index (κ3) is 4.06. The summed E-state index contributed by atoms with van der Waals surface area (Å²) < 4.78 is 0. The number of benzene rings is 1. The van der Waals surface area contributed by atoms with E-state index in [1.54, 1.807) is 6.21 Å². The lowest BCUT2D eigenvalue weighted by Crippen LogP contribution is -1.92. The number of nitrogens with zero attached hydrogens (tertiary/aromatic N) is 1. The van der Waals surface area contributed by atoms with E-state index in [1.165, 1.54) is 6.92 Å². The minimum Gasteiger partial charge on any atom is -0.319 e. The van der Waals surface area contributed by atoms with E-state index in [9.17, 15) is 4.79 Å². The van der Waals surface area contributed by atoms with Crippen LogP contribution >= 0.6 is 0 Å². The van der Waals surface area contributed by atoms with Crippen LogP contribution in [0.4, 0.5) is 0 Å². The van der Waals surface area contributed by atoms with E-state index in [0.29, 0.717) is 6.42 Å². The van der Waals surface area contributed by atoms with Gasteiger partial charge in [-0.15, -0.1) is 0 Å². The monoisotopic (exact) mass is 177 g/mol. The van der Waals surface area contributed by atoms with Gasteiger partial charge in [0.25, 0.3) is 0 Å².